The Bertz CT molecular complexity index is 941. The van der Waals surface area contributed by atoms with Crippen molar-refractivity contribution in [2.24, 2.45) is 11.3 Å². The summed E-state index contributed by atoms with van der Waals surface area (Å²) < 4.78 is 10.7. The summed E-state index contributed by atoms with van der Waals surface area (Å²) in [5, 5.41) is 3.06. The van der Waals surface area contributed by atoms with Gasteiger partial charge in [-0.2, -0.15) is 0 Å². The van der Waals surface area contributed by atoms with Crippen molar-refractivity contribution < 1.29 is 19.1 Å². The fourth-order valence-electron chi connectivity index (χ4n) is 5.05. The van der Waals surface area contributed by atoms with E-state index in [-0.39, 0.29) is 23.1 Å². The van der Waals surface area contributed by atoms with Crippen molar-refractivity contribution in [2.45, 2.75) is 32.1 Å². The Morgan fingerprint density at radius 1 is 1.06 bits per heavy atom. The van der Waals surface area contributed by atoms with Crippen LogP contribution in [0.5, 0.6) is 11.5 Å². The van der Waals surface area contributed by atoms with Crippen molar-refractivity contribution in [3.63, 3.8) is 0 Å². The van der Waals surface area contributed by atoms with Gasteiger partial charge in [-0.25, -0.2) is 0 Å². The molecule has 1 aliphatic heterocycles. The van der Waals surface area contributed by atoms with Crippen LogP contribution in [0.1, 0.15) is 42.5 Å². The second kappa shape index (κ2) is 8.96. The van der Waals surface area contributed by atoms with Crippen LogP contribution >= 0.6 is 0 Å². The molecule has 1 aromatic carbocycles. The van der Waals surface area contributed by atoms with E-state index in [0.29, 0.717) is 35.8 Å². The lowest BCUT2D eigenvalue weighted by atomic mass is 9.67. The molecule has 7 heteroatoms. The van der Waals surface area contributed by atoms with Crippen molar-refractivity contribution in [3.8, 4) is 11.5 Å². The zero-order chi connectivity index (χ0) is 21.8. The predicted octanol–water partition coefficient (Wildman–Crippen LogP) is 3.76. The van der Waals surface area contributed by atoms with Crippen molar-refractivity contribution in [2.75, 3.05) is 32.6 Å². The van der Waals surface area contributed by atoms with Crippen molar-refractivity contribution in [1.82, 2.24) is 9.88 Å². The fourth-order valence-corrected chi connectivity index (χ4v) is 5.05. The maximum absolute atomic E-state index is 13.5. The largest absolute Gasteiger partial charge is 0.497 e. The second-order valence-corrected chi connectivity index (χ2v) is 8.45. The van der Waals surface area contributed by atoms with E-state index in [2.05, 4.69) is 10.3 Å². The Morgan fingerprint density at radius 3 is 2.48 bits per heavy atom. The van der Waals surface area contributed by atoms with Gasteiger partial charge in [0, 0.05) is 42.5 Å². The van der Waals surface area contributed by atoms with E-state index in [1.54, 1.807) is 56.9 Å². The summed E-state index contributed by atoms with van der Waals surface area (Å²) in [5.74, 6) is 0.854. The summed E-state index contributed by atoms with van der Waals surface area (Å²) in [6.07, 6.45) is 8.54. The van der Waals surface area contributed by atoms with Crippen molar-refractivity contribution >= 4 is 17.5 Å². The summed E-state index contributed by atoms with van der Waals surface area (Å²) >= 11 is 0. The topological polar surface area (TPSA) is 80.8 Å². The van der Waals surface area contributed by atoms with E-state index >= 15 is 0 Å². The zero-order valence-corrected chi connectivity index (χ0v) is 18.1. The molecule has 164 valence electrons. The van der Waals surface area contributed by atoms with E-state index in [0.717, 1.165) is 25.7 Å². The highest BCUT2D eigenvalue weighted by atomic mass is 16.5. The summed E-state index contributed by atoms with van der Waals surface area (Å²) in [4.78, 5) is 32.4. The van der Waals surface area contributed by atoms with Crippen LogP contribution in [0.15, 0.2) is 42.7 Å². The minimum Gasteiger partial charge on any atom is -0.497 e. The maximum Gasteiger partial charge on any atom is 0.254 e. The molecule has 7 nitrogen and oxygen atoms in total. The lowest BCUT2D eigenvalue weighted by molar-refractivity contribution is -0.123. The first-order chi connectivity index (χ1) is 15.1. The third-order valence-corrected chi connectivity index (χ3v) is 6.69. The number of hydrogen-bond donors (Lipinski definition) is 1. The minimum absolute atomic E-state index is 0.0373. The number of carbonyl (C=O) groups is 2. The van der Waals surface area contributed by atoms with E-state index in [9.17, 15) is 9.59 Å². The highest BCUT2D eigenvalue weighted by molar-refractivity contribution is 5.98. The van der Waals surface area contributed by atoms with Crippen LogP contribution in [0, 0.1) is 11.3 Å². The molecule has 4 rings (SSSR count). The first-order valence-corrected chi connectivity index (χ1v) is 10.8. The van der Waals surface area contributed by atoms with Crippen LogP contribution in [0.2, 0.25) is 0 Å². The number of pyridine rings is 1. The normalized spacial score (nSPS) is 19.8. The van der Waals surface area contributed by atoms with Crippen LogP contribution in [0.25, 0.3) is 0 Å². The third-order valence-electron chi connectivity index (χ3n) is 6.69. The zero-order valence-electron chi connectivity index (χ0n) is 18.1. The van der Waals surface area contributed by atoms with Gasteiger partial charge < -0.3 is 19.7 Å². The maximum atomic E-state index is 13.5. The number of nitrogens with zero attached hydrogens (tertiary/aromatic N) is 2. The average Bonchev–Trinajstić information content (AvgIpc) is 3.18. The number of anilines is 1. The molecule has 2 heterocycles. The van der Waals surface area contributed by atoms with Gasteiger partial charge in [0.2, 0.25) is 5.91 Å². The van der Waals surface area contributed by atoms with E-state index in [1.807, 2.05) is 4.90 Å². The first-order valence-electron chi connectivity index (χ1n) is 10.8. The van der Waals surface area contributed by atoms with Gasteiger partial charge >= 0.3 is 0 Å². The van der Waals surface area contributed by atoms with Gasteiger partial charge in [-0.05, 0) is 37.1 Å². The Hall–Kier alpha value is -3.09. The molecule has 1 spiro atoms. The monoisotopic (exact) mass is 423 g/mol. The number of ether oxygens (including phenoxy) is 2. The van der Waals surface area contributed by atoms with Gasteiger partial charge in [-0.3, -0.25) is 14.6 Å². The van der Waals surface area contributed by atoms with Gasteiger partial charge in [-0.15, -0.1) is 0 Å². The van der Waals surface area contributed by atoms with Gasteiger partial charge in [0.25, 0.3) is 5.91 Å². The molecule has 1 aromatic heterocycles. The number of carbonyl (C=O) groups excluding carboxylic acids is 2. The number of hydrogen-bond acceptors (Lipinski definition) is 5. The fraction of sp³-hybridized carbons (Fsp3) is 0.458. The molecular weight excluding hydrogens is 394 g/mol. The summed E-state index contributed by atoms with van der Waals surface area (Å²) in [5.41, 5.74) is 1.04. The van der Waals surface area contributed by atoms with Crippen LogP contribution < -0.4 is 14.8 Å². The molecular formula is C24H29N3O4. The first kappa shape index (κ1) is 21.2. The third kappa shape index (κ3) is 4.22. The highest BCUT2D eigenvalue weighted by Crippen LogP contribution is 2.48. The molecule has 1 unspecified atom stereocenters. The number of rotatable bonds is 5. The molecule has 2 fully saturated rings. The number of amides is 2. The average molecular weight is 424 g/mol. The van der Waals surface area contributed by atoms with Gasteiger partial charge in [0.1, 0.15) is 11.5 Å². The molecule has 1 N–H and O–H groups in total. The quantitative estimate of drug-likeness (QED) is 0.792. The molecule has 2 aromatic rings. The number of benzene rings is 1. The molecule has 0 radical (unpaired) electrons. The van der Waals surface area contributed by atoms with Crippen LogP contribution in [-0.4, -0.2) is 49.0 Å². The van der Waals surface area contributed by atoms with Crippen LogP contribution in [0.4, 0.5) is 5.69 Å². The molecule has 1 saturated carbocycles. The molecule has 1 atom stereocenters. The van der Waals surface area contributed by atoms with E-state index < -0.39 is 0 Å². The van der Waals surface area contributed by atoms with Gasteiger partial charge in [0.05, 0.1) is 25.8 Å². The minimum atomic E-state index is -0.259. The second-order valence-electron chi connectivity index (χ2n) is 8.45. The Balaban J connectivity index is 1.57. The lowest BCUT2D eigenvalue weighted by Crippen LogP contribution is -2.39. The lowest BCUT2D eigenvalue weighted by Gasteiger charge is -2.37. The van der Waals surface area contributed by atoms with Gasteiger partial charge in [-0.1, -0.05) is 19.3 Å². The van der Waals surface area contributed by atoms with Crippen LogP contribution in [0.3, 0.4) is 0 Å². The molecule has 1 aliphatic carbocycles. The summed E-state index contributed by atoms with van der Waals surface area (Å²) in [7, 11) is 3.16. The molecule has 2 aliphatic rings. The Kier molecular flexibility index (Phi) is 6.11. The van der Waals surface area contributed by atoms with Crippen LogP contribution in [-0.2, 0) is 4.79 Å². The number of methoxy groups -OCH3 is 2. The smallest absolute Gasteiger partial charge is 0.254 e. The van der Waals surface area contributed by atoms with E-state index in [4.69, 9.17) is 9.47 Å². The number of likely N-dealkylation sites (tertiary alicyclic amines) is 1. The number of aromatic nitrogens is 1. The highest BCUT2D eigenvalue weighted by Gasteiger charge is 2.51. The van der Waals surface area contributed by atoms with Crippen molar-refractivity contribution in [3.05, 3.63) is 48.3 Å². The summed E-state index contributed by atoms with van der Waals surface area (Å²) in [6, 6.07) is 8.79. The standard InChI is InChI=1S/C24H29N3O4/c1-30-18-6-7-20(21(14-18)31-2)26-22(28)19-15-27(16-24(19)10-4-3-5-11-24)23(29)17-8-12-25-13-9-17/h6-9,12-14,19H,3-5,10-11,15-16H2,1-2H3,(H,26,28). The Morgan fingerprint density at radius 2 is 1.81 bits per heavy atom. The molecule has 2 amide bonds. The molecule has 31 heavy (non-hydrogen) atoms. The van der Waals surface area contributed by atoms with E-state index in [1.165, 1.54) is 6.42 Å². The molecule has 1 saturated heterocycles. The van der Waals surface area contributed by atoms with Gasteiger partial charge in [0.15, 0.2) is 0 Å². The Labute approximate surface area is 182 Å². The number of nitrogens with one attached hydrogen (secondary N) is 1. The van der Waals surface area contributed by atoms with Crippen molar-refractivity contribution in [1.29, 1.82) is 0 Å². The predicted molar refractivity (Wildman–Crippen MR) is 117 cm³/mol. The molecule has 0 bridgehead atoms. The SMILES string of the molecule is COc1ccc(NC(=O)C2CN(C(=O)c3ccncc3)CC23CCCCC3)c(OC)c1. The summed E-state index contributed by atoms with van der Waals surface area (Å²) in [6.45, 7) is 1.04.